The van der Waals surface area contributed by atoms with Crippen LogP contribution in [-0.4, -0.2) is 4.57 Å². The van der Waals surface area contributed by atoms with Crippen molar-refractivity contribution in [3.63, 3.8) is 0 Å². The summed E-state index contributed by atoms with van der Waals surface area (Å²) in [5, 5.41) is 0.603. The first-order valence-electron chi connectivity index (χ1n) is 10.1. The van der Waals surface area contributed by atoms with E-state index < -0.39 is 0 Å². The third-order valence-corrected chi connectivity index (χ3v) is 5.50. The predicted octanol–water partition coefficient (Wildman–Crippen LogP) is 7.20. The summed E-state index contributed by atoms with van der Waals surface area (Å²) in [5.74, 6) is -0.558. The fourth-order valence-corrected chi connectivity index (χ4v) is 4.03. The molecule has 4 rings (SSSR count). The molecule has 3 heteroatoms. The molecule has 148 valence electrons. The molecule has 0 N–H and O–H groups in total. The van der Waals surface area contributed by atoms with Crippen LogP contribution in [0.15, 0.2) is 60.7 Å². The van der Waals surface area contributed by atoms with Gasteiger partial charge >= 0.3 is 0 Å². The van der Waals surface area contributed by atoms with E-state index in [1.54, 1.807) is 6.07 Å². The van der Waals surface area contributed by atoms with Gasteiger partial charge in [-0.15, -0.1) is 0 Å². The molecule has 0 fully saturated rings. The number of benzene rings is 3. The summed E-state index contributed by atoms with van der Waals surface area (Å²) in [6.07, 6.45) is 2.17. The summed E-state index contributed by atoms with van der Waals surface area (Å²) >= 11 is 0. The smallest absolute Gasteiger partial charge is 0.156 e. The van der Waals surface area contributed by atoms with Crippen LogP contribution in [0.25, 0.3) is 22.2 Å². The number of rotatable bonds is 5. The molecular formula is C26H25F2N. The van der Waals surface area contributed by atoms with Gasteiger partial charge in [0.1, 0.15) is 5.82 Å². The van der Waals surface area contributed by atoms with Crippen LogP contribution in [0.2, 0.25) is 0 Å². The molecule has 4 aromatic rings. The quantitative estimate of drug-likeness (QED) is 0.340. The van der Waals surface area contributed by atoms with Gasteiger partial charge in [-0.3, -0.25) is 0 Å². The Morgan fingerprint density at radius 2 is 1.55 bits per heavy atom. The molecule has 0 amide bonds. The van der Waals surface area contributed by atoms with Gasteiger partial charge in [-0.25, -0.2) is 8.78 Å². The Kier molecular flexibility index (Phi) is 5.23. The highest BCUT2D eigenvalue weighted by molar-refractivity contribution is 5.89. The Bertz CT molecular complexity index is 1170. The van der Waals surface area contributed by atoms with Crippen molar-refractivity contribution in [3.05, 3.63) is 94.6 Å². The topological polar surface area (TPSA) is 4.93 Å². The Balaban J connectivity index is 1.89. The highest BCUT2D eigenvalue weighted by atomic mass is 19.1. The highest BCUT2D eigenvalue weighted by Crippen LogP contribution is 2.35. The van der Waals surface area contributed by atoms with Crippen LogP contribution in [0.3, 0.4) is 0 Å². The molecule has 0 saturated carbocycles. The summed E-state index contributed by atoms with van der Waals surface area (Å²) in [6.45, 7) is 6.51. The summed E-state index contributed by atoms with van der Waals surface area (Å²) < 4.78 is 31.3. The lowest BCUT2D eigenvalue weighted by Gasteiger charge is -2.14. The van der Waals surface area contributed by atoms with Crippen LogP contribution in [0.5, 0.6) is 0 Å². The van der Waals surface area contributed by atoms with E-state index in [2.05, 4.69) is 31.2 Å². The third-order valence-electron chi connectivity index (χ3n) is 5.50. The number of aryl methyl sites for hydroxylation is 3. The fourth-order valence-electron chi connectivity index (χ4n) is 4.03. The molecule has 0 aliphatic carbocycles. The average molecular weight is 389 g/mol. The van der Waals surface area contributed by atoms with E-state index >= 15 is 4.39 Å². The minimum Gasteiger partial charge on any atom is -0.334 e. The van der Waals surface area contributed by atoms with Gasteiger partial charge in [0.05, 0.1) is 11.2 Å². The van der Waals surface area contributed by atoms with Crippen molar-refractivity contribution >= 4 is 10.9 Å². The molecule has 0 aliphatic rings. The van der Waals surface area contributed by atoms with Crippen LogP contribution in [-0.2, 0) is 13.0 Å². The Hall–Kier alpha value is -2.94. The largest absolute Gasteiger partial charge is 0.334 e. The molecule has 0 atom stereocenters. The Labute approximate surface area is 170 Å². The molecule has 0 unspecified atom stereocenters. The molecule has 1 nitrogen and oxygen atoms in total. The number of halogens is 2. The van der Waals surface area contributed by atoms with Gasteiger partial charge in [0.25, 0.3) is 0 Å². The van der Waals surface area contributed by atoms with E-state index in [0.29, 0.717) is 17.6 Å². The van der Waals surface area contributed by atoms with Crippen molar-refractivity contribution in [2.75, 3.05) is 0 Å². The lowest BCUT2D eigenvalue weighted by atomic mass is 10.0. The SMILES string of the molecule is CCCc1ccc(Cn2c(-c3ccc(F)cc3C)c(F)c3cc(C)ccc32)cc1. The second kappa shape index (κ2) is 7.82. The molecule has 0 bridgehead atoms. The number of aromatic nitrogens is 1. The maximum atomic E-state index is 15.6. The van der Waals surface area contributed by atoms with Crippen LogP contribution in [0, 0.1) is 25.5 Å². The van der Waals surface area contributed by atoms with Crippen LogP contribution in [0.4, 0.5) is 8.78 Å². The monoisotopic (exact) mass is 389 g/mol. The zero-order valence-electron chi connectivity index (χ0n) is 17.1. The molecular weight excluding hydrogens is 364 g/mol. The fraction of sp³-hybridized carbons (Fsp3) is 0.231. The summed E-state index contributed by atoms with van der Waals surface area (Å²) in [7, 11) is 0. The van der Waals surface area contributed by atoms with Gasteiger partial charge < -0.3 is 4.57 Å². The van der Waals surface area contributed by atoms with Gasteiger partial charge in [-0.1, -0.05) is 49.2 Å². The zero-order valence-corrected chi connectivity index (χ0v) is 17.1. The number of hydrogen-bond donors (Lipinski definition) is 0. The Morgan fingerprint density at radius 1 is 0.828 bits per heavy atom. The van der Waals surface area contributed by atoms with Crippen LogP contribution in [0.1, 0.15) is 35.6 Å². The van der Waals surface area contributed by atoms with E-state index in [-0.39, 0.29) is 11.6 Å². The van der Waals surface area contributed by atoms with E-state index in [1.165, 1.54) is 17.7 Å². The molecule has 3 aromatic carbocycles. The molecule has 0 aliphatic heterocycles. The lowest BCUT2D eigenvalue weighted by Crippen LogP contribution is -2.03. The molecule has 1 heterocycles. The zero-order chi connectivity index (χ0) is 20.5. The summed E-state index contributed by atoms with van der Waals surface area (Å²) in [4.78, 5) is 0. The van der Waals surface area contributed by atoms with Gasteiger partial charge in [0.2, 0.25) is 0 Å². The summed E-state index contributed by atoms with van der Waals surface area (Å²) in [5.41, 5.74) is 6.25. The maximum Gasteiger partial charge on any atom is 0.156 e. The normalized spacial score (nSPS) is 11.3. The van der Waals surface area contributed by atoms with Gasteiger partial charge in [0, 0.05) is 17.5 Å². The van der Waals surface area contributed by atoms with Crippen molar-refractivity contribution in [2.45, 2.75) is 40.2 Å². The molecule has 1 aromatic heterocycles. The minimum atomic E-state index is -0.309. The average Bonchev–Trinajstić information content (AvgIpc) is 2.95. The number of fused-ring (bicyclic) bond motifs is 1. The number of nitrogens with zero attached hydrogens (tertiary/aromatic N) is 1. The van der Waals surface area contributed by atoms with Crippen LogP contribution < -0.4 is 0 Å². The molecule has 29 heavy (non-hydrogen) atoms. The highest BCUT2D eigenvalue weighted by Gasteiger charge is 2.20. The second-order valence-electron chi connectivity index (χ2n) is 7.80. The van der Waals surface area contributed by atoms with E-state index in [4.69, 9.17) is 0 Å². The molecule has 0 spiro atoms. The van der Waals surface area contributed by atoms with Crippen molar-refractivity contribution in [3.8, 4) is 11.3 Å². The van der Waals surface area contributed by atoms with Crippen molar-refractivity contribution in [2.24, 2.45) is 0 Å². The first-order chi connectivity index (χ1) is 14.0. The first-order valence-corrected chi connectivity index (χ1v) is 10.1. The van der Waals surface area contributed by atoms with E-state index in [1.807, 2.05) is 36.6 Å². The van der Waals surface area contributed by atoms with Crippen molar-refractivity contribution in [1.29, 1.82) is 0 Å². The summed E-state index contributed by atoms with van der Waals surface area (Å²) in [6, 6.07) is 18.9. The van der Waals surface area contributed by atoms with Gasteiger partial charge in [-0.2, -0.15) is 0 Å². The Morgan fingerprint density at radius 3 is 2.24 bits per heavy atom. The van der Waals surface area contributed by atoms with Gasteiger partial charge in [-0.05, 0) is 67.3 Å². The second-order valence-corrected chi connectivity index (χ2v) is 7.80. The predicted molar refractivity (Wildman–Crippen MR) is 116 cm³/mol. The van der Waals surface area contributed by atoms with Crippen molar-refractivity contribution in [1.82, 2.24) is 4.57 Å². The van der Waals surface area contributed by atoms with Gasteiger partial charge in [0.15, 0.2) is 5.82 Å². The molecule has 0 radical (unpaired) electrons. The standard InChI is InChI=1S/C26H25F2N/c1-4-5-19-7-9-20(10-8-19)16-29-24-13-6-17(2)14-23(24)25(28)26(29)22-12-11-21(27)15-18(22)3/h6-15H,4-5,16H2,1-3H3. The third kappa shape index (κ3) is 3.69. The first kappa shape index (κ1) is 19.4. The lowest BCUT2D eigenvalue weighted by molar-refractivity contribution is 0.624. The van der Waals surface area contributed by atoms with Crippen LogP contribution >= 0.6 is 0 Å². The van der Waals surface area contributed by atoms with Crippen molar-refractivity contribution < 1.29 is 8.78 Å². The minimum absolute atomic E-state index is 0.249. The molecule has 0 saturated heterocycles. The maximum absolute atomic E-state index is 15.6. The van der Waals surface area contributed by atoms with E-state index in [0.717, 1.165) is 40.6 Å². The number of hydrogen-bond acceptors (Lipinski definition) is 0. The van der Waals surface area contributed by atoms with E-state index in [9.17, 15) is 4.39 Å².